The molecule has 0 saturated carbocycles. The molecule has 3 aromatic rings. The number of aliphatic hydroxyl groups is 1. The Morgan fingerprint density at radius 3 is 2.79 bits per heavy atom. The van der Waals surface area contributed by atoms with Crippen LogP contribution in [0.2, 0.25) is 0 Å². The first-order valence-corrected chi connectivity index (χ1v) is 11.1. The normalized spacial score (nSPS) is 22.4. The zero-order valence-corrected chi connectivity index (χ0v) is 18.9. The van der Waals surface area contributed by atoms with Gasteiger partial charge in [0.15, 0.2) is 17.6 Å². The lowest BCUT2D eigenvalue weighted by Crippen LogP contribution is -2.43. The predicted octanol–water partition coefficient (Wildman–Crippen LogP) is 1.43. The number of oxime groups is 1. The zero-order chi connectivity index (χ0) is 23.7. The average Bonchev–Trinajstić information content (AvgIpc) is 3.48. The van der Waals surface area contributed by atoms with Crippen molar-refractivity contribution in [3.63, 3.8) is 0 Å². The van der Waals surface area contributed by atoms with E-state index in [2.05, 4.69) is 25.4 Å². The summed E-state index contributed by atoms with van der Waals surface area (Å²) in [4.78, 5) is 31.4. The van der Waals surface area contributed by atoms with E-state index in [4.69, 9.17) is 23.8 Å². The molecule has 2 N–H and O–H groups in total. The van der Waals surface area contributed by atoms with Crippen LogP contribution in [-0.2, 0) is 20.9 Å². The van der Waals surface area contributed by atoms with E-state index in [9.17, 15) is 4.79 Å². The van der Waals surface area contributed by atoms with Gasteiger partial charge in [-0.25, -0.2) is 15.0 Å². The van der Waals surface area contributed by atoms with E-state index >= 15 is 0 Å². The van der Waals surface area contributed by atoms with E-state index in [1.807, 2.05) is 18.2 Å². The van der Waals surface area contributed by atoms with Gasteiger partial charge in [0.25, 0.3) is 5.91 Å². The highest BCUT2D eigenvalue weighted by Gasteiger charge is 2.35. The fraction of sp³-hybridized carbons (Fsp3) is 0.435. The number of amides is 1. The Balaban J connectivity index is 1.23. The molecular weight excluding hydrogens is 442 g/mol. The molecule has 1 aromatic carbocycles. The Labute approximate surface area is 195 Å². The van der Waals surface area contributed by atoms with E-state index in [0.29, 0.717) is 54.9 Å². The number of aryl methyl sites for hydroxylation is 2. The fourth-order valence-corrected chi connectivity index (χ4v) is 3.93. The van der Waals surface area contributed by atoms with Crippen molar-refractivity contribution in [1.29, 1.82) is 0 Å². The first-order chi connectivity index (χ1) is 16.5. The quantitative estimate of drug-likeness (QED) is 0.551. The summed E-state index contributed by atoms with van der Waals surface area (Å²) in [6.45, 7) is 4.37. The Kier molecular flexibility index (Phi) is 6.22. The van der Waals surface area contributed by atoms with E-state index in [1.54, 1.807) is 19.9 Å². The van der Waals surface area contributed by atoms with Crippen molar-refractivity contribution in [1.82, 2.24) is 20.3 Å². The van der Waals surface area contributed by atoms with Gasteiger partial charge < -0.3 is 29.2 Å². The van der Waals surface area contributed by atoms with Crippen LogP contribution in [0.4, 0.5) is 0 Å². The highest BCUT2D eigenvalue weighted by Crippen LogP contribution is 2.23. The molecule has 34 heavy (non-hydrogen) atoms. The topological polar surface area (TPSA) is 141 Å². The second-order valence-corrected chi connectivity index (χ2v) is 8.30. The Hall–Kier alpha value is -3.41. The summed E-state index contributed by atoms with van der Waals surface area (Å²) < 4.78 is 16.8. The fourth-order valence-electron chi connectivity index (χ4n) is 3.93. The molecule has 2 aliphatic rings. The first kappa shape index (κ1) is 22.4. The first-order valence-electron chi connectivity index (χ1n) is 11.1. The molecule has 1 saturated heterocycles. The lowest BCUT2D eigenvalue weighted by Gasteiger charge is -2.30. The number of aliphatic hydroxyl groups excluding tert-OH is 1. The van der Waals surface area contributed by atoms with E-state index < -0.39 is 0 Å². The van der Waals surface area contributed by atoms with Crippen LogP contribution in [-0.4, -0.2) is 69.8 Å². The molecular formula is C23H25N5O6. The number of hydrogen-bond acceptors (Lipinski definition) is 10. The van der Waals surface area contributed by atoms with Crippen LogP contribution in [0.25, 0.3) is 11.1 Å². The maximum absolute atomic E-state index is 12.8. The molecule has 4 heterocycles. The van der Waals surface area contributed by atoms with E-state index in [1.165, 1.54) is 0 Å². The molecule has 1 fully saturated rings. The summed E-state index contributed by atoms with van der Waals surface area (Å²) in [6.07, 6.45) is -0.463. The van der Waals surface area contributed by atoms with Gasteiger partial charge in [-0.2, -0.15) is 0 Å². The molecule has 3 atom stereocenters. The lowest BCUT2D eigenvalue weighted by molar-refractivity contribution is -0.178. The summed E-state index contributed by atoms with van der Waals surface area (Å²) >= 11 is 0. The third kappa shape index (κ3) is 4.76. The number of hydrogen-bond donors (Lipinski definition) is 2. The Morgan fingerprint density at radius 1 is 1.12 bits per heavy atom. The van der Waals surface area contributed by atoms with Crippen molar-refractivity contribution in [2.45, 2.75) is 45.1 Å². The predicted molar refractivity (Wildman–Crippen MR) is 119 cm³/mol. The van der Waals surface area contributed by atoms with Gasteiger partial charge in [-0.15, -0.1) is 0 Å². The number of aromatic nitrogens is 3. The monoisotopic (exact) mass is 467 g/mol. The highest BCUT2D eigenvalue weighted by molar-refractivity contribution is 6.02. The maximum Gasteiger partial charge on any atom is 0.270 e. The molecule has 0 spiro atoms. The Morgan fingerprint density at radius 2 is 2.00 bits per heavy atom. The van der Waals surface area contributed by atoms with Crippen molar-refractivity contribution in [2.75, 3.05) is 19.8 Å². The van der Waals surface area contributed by atoms with Crippen LogP contribution in [0.1, 0.15) is 39.9 Å². The van der Waals surface area contributed by atoms with Crippen LogP contribution in [0, 0.1) is 13.8 Å². The molecule has 0 bridgehead atoms. The molecule has 0 aliphatic carbocycles. The number of oxazole rings is 1. The third-order valence-corrected chi connectivity index (χ3v) is 5.68. The number of fused-ring (bicyclic) bond motifs is 1. The molecule has 0 radical (unpaired) electrons. The van der Waals surface area contributed by atoms with Gasteiger partial charge in [0.1, 0.15) is 35.0 Å². The number of rotatable bonds is 6. The maximum atomic E-state index is 12.8. The molecule has 11 nitrogen and oxygen atoms in total. The lowest BCUT2D eigenvalue weighted by atomic mass is 10.0. The van der Waals surface area contributed by atoms with Gasteiger partial charge in [0.05, 0.1) is 25.5 Å². The highest BCUT2D eigenvalue weighted by atomic mass is 16.7. The number of nitrogens with zero attached hydrogens (tertiary/aromatic N) is 4. The number of ether oxygens (including phenoxy) is 2. The summed E-state index contributed by atoms with van der Waals surface area (Å²) in [6, 6.07) is 7.21. The smallest absolute Gasteiger partial charge is 0.270 e. The molecule has 5 rings (SSSR count). The number of benzene rings is 1. The average molecular weight is 467 g/mol. The van der Waals surface area contributed by atoms with Crippen molar-refractivity contribution >= 4 is 22.7 Å². The molecule has 1 amide bonds. The standard InChI is InChI=1S/C23H25N5O6/c1-12-25-16(17-7-21(34-28-17)22-11-31-15(9-29)10-32-22)6-19(26-12)23(30)24-8-14-3-4-20-18(5-14)27-13(2)33-20/h3-6,15,21-22,29H,7-11H2,1-2H3,(H,24,30)/t15-,21?,22-/m1/s1. The van der Waals surface area contributed by atoms with Gasteiger partial charge in [-0.1, -0.05) is 11.2 Å². The largest absolute Gasteiger partial charge is 0.441 e. The second kappa shape index (κ2) is 9.45. The van der Waals surface area contributed by atoms with Crippen LogP contribution < -0.4 is 5.32 Å². The van der Waals surface area contributed by atoms with Crippen molar-refractivity contribution in [3.05, 3.63) is 52.9 Å². The summed E-state index contributed by atoms with van der Waals surface area (Å²) in [5, 5.41) is 16.2. The summed E-state index contributed by atoms with van der Waals surface area (Å²) in [5.41, 5.74) is 3.75. The van der Waals surface area contributed by atoms with Crippen LogP contribution in [0.15, 0.2) is 33.8 Å². The number of carbonyl (C=O) groups excluding carboxylic acids is 1. The third-order valence-electron chi connectivity index (χ3n) is 5.68. The Bertz CT molecular complexity index is 1230. The minimum atomic E-state index is -0.322. The number of carbonyl (C=O) groups is 1. The van der Waals surface area contributed by atoms with Crippen molar-refractivity contribution in [3.8, 4) is 0 Å². The van der Waals surface area contributed by atoms with Crippen molar-refractivity contribution in [2.24, 2.45) is 5.16 Å². The summed E-state index contributed by atoms with van der Waals surface area (Å²) in [7, 11) is 0. The molecule has 2 aliphatic heterocycles. The van der Waals surface area contributed by atoms with Crippen LogP contribution in [0.3, 0.4) is 0 Å². The van der Waals surface area contributed by atoms with Gasteiger partial charge in [-0.3, -0.25) is 4.79 Å². The summed E-state index contributed by atoms with van der Waals surface area (Å²) in [5.74, 6) is 0.729. The SMILES string of the molecule is Cc1nc(C(=O)NCc2ccc3oc(C)nc3c2)cc(C2=NOC([C@H]3CO[C@H](CO)CO3)C2)n1. The molecule has 178 valence electrons. The van der Waals surface area contributed by atoms with Gasteiger partial charge in [-0.05, 0) is 30.7 Å². The van der Waals surface area contributed by atoms with E-state index in [-0.39, 0.29) is 36.5 Å². The minimum absolute atomic E-state index is 0.0838. The molecule has 2 aromatic heterocycles. The van der Waals surface area contributed by atoms with Crippen LogP contribution >= 0.6 is 0 Å². The zero-order valence-electron chi connectivity index (χ0n) is 18.9. The second-order valence-electron chi connectivity index (χ2n) is 8.30. The number of nitrogens with one attached hydrogen (secondary N) is 1. The molecule has 1 unspecified atom stereocenters. The van der Waals surface area contributed by atoms with E-state index in [0.717, 1.165) is 11.1 Å². The van der Waals surface area contributed by atoms with Crippen LogP contribution in [0.5, 0.6) is 0 Å². The van der Waals surface area contributed by atoms with Gasteiger partial charge in [0.2, 0.25) is 0 Å². The van der Waals surface area contributed by atoms with Crippen molar-refractivity contribution < 1.29 is 28.6 Å². The molecule has 11 heteroatoms. The van der Waals surface area contributed by atoms with Gasteiger partial charge in [0, 0.05) is 19.9 Å². The van der Waals surface area contributed by atoms with Gasteiger partial charge >= 0.3 is 0 Å². The minimum Gasteiger partial charge on any atom is -0.441 e.